The molecule has 0 saturated heterocycles. The smallest absolute Gasteiger partial charge is 0.213 e. The Labute approximate surface area is 82.1 Å². The van der Waals surface area contributed by atoms with Crippen LogP contribution in [0.4, 0.5) is 0 Å². The SMILES string of the molecule is C1=COC(CNCc2ncon2)CC1. The summed E-state index contributed by atoms with van der Waals surface area (Å²) >= 11 is 0. The van der Waals surface area contributed by atoms with Gasteiger partial charge in [0.1, 0.15) is 6.10 Å². The van der Waals surface area contributed by atoms with E-state index in [-0.39, 0.29) is 6.10 Å². The van der Waals surface area contributed by atoms with Gasteiger partial charge in [-0.2, -0.15) is 4.98 Å². The van der Waals surface area contributed by atoms with E-state index in [0.29, 0.717) is 12.4 Å². The van der Waals surface area contributed by atoms with Crippen LogP contribution < -0.4 is 5.32 Å². The van der Waals surface area contributed by atoms with Crippen molar-refractivity contribution < 1.29 is 9.26 Å². The van der Waals surface area contributed by atoms with Gasteiger partial charge in [0.05, 0.1) is 12.8 Å². The topological polar surface area (TPSA) is 60.2 Å². The Bertz CT molecular complexity index is 284. The first-order valence-corrected chi connectivity index (χ1v) is 4.71. The van der Waals surface area contributed by atoms with E-state index in [1.807, 2.05) is 6.08 Å². The van der Waals surface area contributed by atoms with Crippen molar-refractivity contribution in [2.75, 3.05) is 6.54 Å². The number of hydrogen-bond donors (Lipinski definition) is 1. The molecule has 0 fully saturated rings. The summed E-state index contributed by atoms with van der Waals surface area (Å²) in [6.07, 6.45) is 7.56. The first kappa shape index (κ1) is 9.21. The minimum atomic E-state index is 0.270. The number of hydrogen-bond acceptors (Lipinski definition) is 5. The van der Waals surface area contributed by atoms with Crippen LogP contribution in [0.5, 0.6) is 0 Å². The van der Waals surface area contributed by atoms with Gasteiger partial charge in [0, 0.05) is 6.54 Å². The summed E-state index contributed by atoms with van der Waals surface area (Å²) in [5.74, 6) is 0.677. The number of nitrogens with zero attached hydrogens (tertiary/aromatic N) is 2. The summed E-state index contributed by atoms with van der Waals surface area (Å²) in [6.45, 7) is 1.44. The van der Waals surface area contributed by atoms with Crippen molar-refractivity contribution in [3.8, 4) is 0 Å². The molecule has 1 aromatic rings. The van der Waals surface area contributed by atoms with Gasteiger partial charge in [0.2, 0.25) is 6.39 Å². The van der Waals surface area contributed by atoms with Crippen molar-refractivity contribution in [3.63, 3.8) is 0 Å². The van der Waals surface area contributed by atoms with E-state index < -0.39 is 0 Å². The lowest BCUT2D eigenvalue weighted by Gasteiger charge is -2.19. The van der Waals surface area contributed by atoms with E-state index in [4.69, 9.17) is 4.74 Å². The summed E-state index contributed by atoms with van der Waals surface area (Å²) in [5.41, 5.74) is 0. The Morgan fingerprint density at radius 1 is 1.57 bits per heavy atom. The van der Waals surface area contributed by atoms with Crippen LogP contribution in [-0.4, -0.2) is 22.8 Å². The molecule has 1 aliphatic heterocycles. The van der Waals surface area contributed by atoms with Gasteiger partial charge < -0.3 is 14.6 Å². The first-order chi connectivity index (χ1) is 6.95. The van der Waals surface area contributed by atoms with Gasteiger partial charge in [0.15, 0.2) is 5.82 Å². The lowest BCUT2D eigenvalue weighted by molar-refractivity contribution is 0.122. The molecular formula is C9H13N3O2. The maximum Gasteiger partial charge on any atom is 0.213 e. The molecule has 0 radical (unpaired) electrons. The molecule has 0 aromatic carbocycles. The van der Waals surface area contributed by atoms with Crippen LogP contribution in [0.2, 0.25) is 0 Å². The van der Waals surface area contributed by atoms with E-state index in [2.05, 4.69) is 20.0 Å². The maximum absolute atomic E-state index is 5.39. The summed E-state index contributed by atoms with van der Waals surface area (Å²) in [4.78, 5) is 3.90. The Kier molecular flexibility index (Phi) is 3.13. The highest BCUT2D eigenvalue weighted by atomic mass is 16.5. The Morgan fingerprint density at radius 2 is 2.57 bits per heavy atom. The van der Waals surface area contributed by atoms with E-state index >= 15 is 0 Å². The number of nitrogens with one attached hydrogen (secondary N) is 1. The minimum Gasteiger partial charge on any atom is -0.497 e. The average Bonchev–Trinajstić information content (AvgIpc) is 2.72. The minimum absolute atomic E-state index is 0.270. The zero-order chi connectivity index (χ0) is 9.64. The zero-order valence-electron chi connectivity index (χ0n) is 7.85. The van der Waals surface area contributed by atoms with E-state index in [0.717, 1.165) is 19.4 Å². The monoisotopic (exact) mass is 195 g/mol. The lowest BCUT2D eigenvalue weighted by atomic mass is 10.1. The summed E-state index contributed by atoms with van der Waals surface area (Å²) < 4.78 is 10.0. The quantitative estimate of drug-likeness (QED) is 0.771. The van der Waals surface area contributed by atoms with Gasteiger partial charge in [-0.05, 0) is 18.9 Å². The second-order valence-electron chi connectivity index (χ2n) is 3.19. The third-order valence-electron chi connectivity index (χ3n) is 2.08. The second-order valence-corrected chi connectivity index (χ2v) is 3.19. The molecule has 76 valence electrons. The largest absolute Gasteiger partial charge is 0.497 e. The Hall–Kier alpha value is -1.36. The molecule has 0 bridgehead atoms. The molecule has 1 unspecified atom stereocenters. The molecule has 1 aromatic heterocycles. The van der Waals surface area contributed by atoms with Crippen LogP contribution in [0.15, 0.2) is 23.3 Å². The van der Waals surface area contributed by atoms with Crippen LogP contribution in [-0.2, 0) is 11.3 Å². The van der Waals surface area contributed by atoms with Crippen molar-refractivity contribution in [3.05, 3.63) is 24.6 Å². The normalized spacial score (nSPS) is 20.7. The van der Waals surface area contributed by atoms with Crippen LogP contribution in [0, 0.1) is 0 Å². The molecule has 1 atom stereocenters. The number of ether oxygens (including phenoxy) is 1. The fraction of sp³-hybridized carbons (Fsp3) is 0.556. The highest BCUT2D eigenvalue weighted by Crippen LogP contribution is 2.08. The molecule has 5 nitrogen and oxygen atoms in total. The standard InChI is InChI=1S/C9H13N3O2/c1-2-4-13-8(3-1)5-10-6-9-11-7-14-12-9/h2,4,7-8,10H,1,3,5-6H2. The van der Waals surface area contributed by atoms with Gasteiger partial charge in [-0.25, -0.2) is 0 Å². The number of rotatable bonds is 4. The fourth-order valence-electron chi connectivity index (χ4n) is 1.35. The van der Waals surface area contributed by atoms with E-state index in [1.54, 1.807) is 6.26 Å². The average molecular weight is 195 g/mol. The molecule has 0 amide bonds. The van der Waals surface area contributed by atoms with E-state index in [1.165, 1.54) is 6.39 Å². The molecular weight excluding hydrogens is 182 g/mol. The summed E-state index contributed by atoms with van der Waals surface area (Å²) in [5, 5.41) is 6.91. The highest BCUT2D eigenvalue weighted by molar-refractivity contribution is 4.84. The second kappa shape index (κ2) is 4.76. The molecule has 1 aliphatic rings. The van der Waals surface area contributed by atoms with Crippen molar-refractivity contribution in [1.29, 1.82) is 0 Å². The van der Waals surface area contributed by atoms with Crippen LogP contribution in [0.1, 0.15) is 18.7 Å². The van der Waals surface area contributed by atoms with E-state index in [9.17, 15) is 0 Å². The van der Waals surface area contributed by atoms with Gasteiger partial charge in [-0.3, -0.25) is 0 Å². The van der Waals surface area contributed by atoms with Crippen LogP contribution >= 0.6 is 0 Å². The summed E-state index contributed by atoms with van der Waals surface area (Å²) in [7, 11) is 0. The van der Waals surface area contributed by atoms with Gasteiger partial charge in [-0.15, -0.1) is 0 Å². The van der Waals surface area contributed by atoms with Crippen molar-refractivity contribution in [2.24, 2.45) is 0 Å². The molecule has 0 spiro atoms. The Morgan fingerprint density at radius 3 is 3.29 bits per heavy atom. The maximum atomic E-state index is 5.39. The third-order valence-corrected chi connectivity index (χ3v) is 2.08. The molecule has 5 heteroatoms. The Balaban J connectivity index is 1.65. The lowest BCUT2D eigenvalue weighted by Crippen LogP contribution is -2.29. The third kappa shape index (κ3) is 2.56. The van der Waals surface area contributed by atoms with Crippen LogP contribution in [0.3, 0.4) is 0 Å². The van der Waals surface area contributed by atoms with Crippen molar-refractivity contribution in [1.82, 2.24) is 15.5 Å². The molecule has 2 heterocycles. The zero-order valence-corrected chi connectivity index (χ0v) is 7.85. The van der Waals surface area contributed by atoms with Crippen LogP contribution in [0.25, 0.3) is 0 Å². The molecule has 2 rings (SSSR count). The number of allylic oxidation sites excluding steroid dienone is 1. The van der Waals surface area contributed by atoms with Gasteiger partial charge >= 0.3 is 0 Å². The van der Waals surface area contributed by atoms with Gasteiger partial charge in [-0.1, -0.05) is 5.16 Å². The van der Waals surface area contributed by atoms with Crippen molar-refractivity contribution >= 4 is 0 Å². The molecule has 14 heavy (non-hydrogen) atoms. The predicted octanol–water partition coefficient (Wildman–Crippen LogP) is 0.852. The highest BCUT2D eigenvalue weighted by Gasteiger charge is 2.10. The molecule has 1 N–H and O–H groups in total. The molecule has 0 saturated carbocycles. The fourth-order valence-corrected chi connectivity index (χ4v) is 1.35. The first-order valence-electron chi connectivity index (χ1n) is 4.71. The summed E-state index contributed by atoms with van der Waals surface area (Å²) in [6, 6.07) is 0. The number of aromatic nitrogens is 2. The predicted molar refractivity (Wildman–Crippen MR) is 49.3 cm³/mol. The van der Waals surface area contributed by atoms with Crippen molar-refractivity contribution in [2.45, 2.75) is 25.5 Å². The van der Waals surface area contributed by atoms with Gasteiger partial charge in [0.25, 0.3) is 0 Å². The molecule has 0 aliphatic carbocycles.